The van der Waals surface area contributed by atoms with Gasteiger partial charge in [0.05, 0.1) is 12.7 Å². The smallest absolute Gasteiger partial charge is 0.0642 e. The zero-order valence-electron chi connectivity index (χ0n) is 9.36. The van der Waals surface area contributed by atoms with Gasteiger partial charge in [-0.05, 0) is 36.7 Å². The Labute approximate surface area is 92.0 Å². The summed E-state index contributed by atoms with van der Waals surface area (Å²) in [5, 5.41) is 19.2. The van der Waals surface area contributed by atoms with Crippen LogP contribution in [-0.4, -0.2) is 22.9 Å². The first-order chi connectivity index (χ1) is 7.22. The molecule has 0 aromatic carbocycles. The third-order valence-corrected chi connectivity index (χ3v) is 4.40. The molecule has 2 aliphatic rings. The molecule has 0 amide bonds. The standard InChI is InChI=1S/C13H22O2/c1-9(8-14)12-7-11-4-2-3-10(11)5-6-13(12)15/h10-15H,1-8H2/t10-,11-,12-,13-/m0/s1. The van der Waals surface area contributed by atoms with Crippen molar-refractivity contribution in [3.8, 4) is 0 Å². The van der Waals surface area contributed by atoms with Crippen LogP contribution in [0.2, 0.25) is 0 Å². The molecule has 0 unspecified atom stereocenters. The van der Waals surface area contributed by atoms with E-state index < -0.39 is 0 Å². The molecule has 15 heavy (non-hydrogen) atoms. The lowest BCUT2D eigenvalue weighted by Crippen LogP contribution is -2.23. The summed E-state index contributed by atoms with van der Waals surface area (Å²) in [6, 6.07) is 0. The fraction of sp³-hybridized carbons (Fsp3) is 0.846. The van der Waals surface area contributed by atoms with Crippen LogP contribution in [0.5, 0.6) is 0 Å². The molecule has 2 aliphatic carbocycles. The molecule has 0 saturated heterocycles. The number of aliphatic hydroxyl groups excluding tert-OH is 2. The Bertz CT molecular complexity index is 237. The summed E-state index contributed by atoms with van der Waals surface area (Å²) in [6.45, 7) is 3.92. The molecule has 2 fully saturated rings. The van der Waals surface area contributed by atoms with Gasteiger partial charge in [-0.15, -0.1) is 0 Å². The first kappa shape index (κ1) is 11.2. The number of hydrogen-bond acceptors (Lipinski definition) is 2. The van der Waals surface area contributed by atoms with Crippen molar-refractivity contribution >= 4 is 0 Å². The zero-order chi connectivity index (χ0) is 10.8. The molecule has 2 saturated carbocycles. The number of aliphatic hydroxyl groups is 2. The average Bonchev–Trinajstić information content (AvgIpc) is 2.63. The van der Waals surface area contributed by atoms with Gasteiger partial charge in [-0.3, -0.25) is 0 Å². The maximum atomic E-state index is 10.0. The number of rotatable bonds is 2. The van der Waals surface area contributed by atoms with E-state index in [1.807, 2.05) is 0 Å². The largest absolute Gasteiger partial charge is 0.393 e. The molecule has 0 bridgehead atoms. The monoisotopic (exact) mass is 210 g/mol. The fourth-order valence-electron chi connectivity index (χ4n) is 3.43. The third kappa shape index (κ3) is 2.26. The summed E-state index contributed by atoms with van der Waals surface area (Å²) in [5.74, 6) is 1.75. The normalized spacial score (nSPS) is 40.9. The van der Waals surface area contributed by atoms with Crippen LogP contribution in [0.4, 0.5) is 0 Å². The second kappa shape index (κ2) is 4.67. The quantitative estimate of drug-likeness (QED) is 0.685. The van der Waals surface area contributed by atoms with Crippen molar-refractivity contribution in [1.29, 1.82) is 0 Å². The van der Waals surface area contributed by atoms with Gasteiger partial charge >= 0.3 is 0 Å². The summed E-state index contributed by atoms with van der Waals surface area (Å²) in [4.78, 5) is 0. The highest BCUT2D eigenvalue weighted by Crippen LogP contribution is 2.44. The minimum Gasteiger partial charge on any atom is -0.393 e. The lowest BCUT2D eigenvalue weighted by Gasteiger charge is -2.24. The summed E-state index contributed by atoms with van der Waals surface area (Å²) >= 11 is 0. The maximum Gasteiger partial charge on any atom is 0.0642 e. The first-order valence-corrected chi connectivity index (χ1v) is 6.19. The van der Waals surface area contributed by atoms with Gasteiger partial charge in [0.2, 0.25) is 0 Å². The minimum absolute atomic E-state index is 0.0269. The lowest BCUT2D eigenvalue weighted by atomic mass is 9.84. The van der Waals surface area contributed by atoms with E-state index in [1.54, 1.807) is 0 Å². The van der Waals surface area contributed by atoms with Crippen LogP contribution in [0.3, 0.4) is 0 Å². The fourth-order valence-corrected chi connectivity index (χ4v) is 3.43. The maximum absolute atomic E-state index is 10.0. The van der Waals surface area contributed by atoms with Gasteiger partial charge in [0.1, 0.15) is 0 Å². The van der Waals surface area contributed by atoms with Crippen LogP contribution < -0.4 is 0 Å². The molecule has 0 aromatic rings. The molecule has 0 aromatic heterocycles. The molecular formula is C13H22O2. The van der Waals surface area contributed by atoms with Crippen molar-refractivity contribution in [3.63, 3.8) is 0 Å². The van der Waals surface area contributed by atoms with E-state index >= 15 is 0 Å². The first-order valence-electron chi connectivity index (χ1n) is 6.19. The lowest BCUT2D eigenvalue weighted by molar-refractivity contribution is 0.107. The predicted octanol–water partition coefficient (Wildman–Crippen LogP) is 2.11. The van der Waals surface area contributed by atoms with Crippen LogP contribution >= 0.6 is 0 Å². The Morgan fingerprint density at radius 3 is 2.60 bits per heavy atom. The van der Waals surface area contributed by atoms with Gasteiger partial charge in [0, 0.05) is 5.92 Å². The predicted molar refractivity (Wildman–Crippen MR) is 60.4 cm³/mol. The van der Waals surface area contributed by atoms with E-state index in [9.17, 15) is 5.11 Å². The van der Waals surface area contributed by atoms with Gasteiger partial charge in [-0.1, -0.05) is 25.8 Å². The second-order valence-corrected chi connectivity index (χ2v) is 5.25. The van der Waals surface area contributed by atoms with E-state index in [0.717, 1.165) is 30.3 Å². The van der Waals surface area contributed by atoms with Crippen molar-refractivity contribution in [2.24, 2.45) is 17.8 Å². The summed E-state index contributed by atoms with van der Waals surface area (Å²) in [5.41, 5.74) is 0.829. The Hall–Kier alpha value is -0.340. The third-order valence-electron chi connectivity index (χ3n) is 4.40. The van der Waals surface area contributed by atoms with E-state index in [-0.39, 0.29) is 18.6 Å². The van der Waals surface area contributed by atoms with Crippen molar-refractivity contribution in [2.75, 3.05) is 6.61 Å². The van der Waals surface area contributed by atoms with E-state index in [0.29, 0.717) is 0 Å². The van der Waals surface area contributed by atoms with Crippen molar-refractivity contribution in [3.05, 3.63) is 12.2 Å². The highest BCUT2D eigenvalue weighted by molar-refractivity contribution is 5.06. The van der Waals surface area contributed by atoms with Crippen molar-refractivity contribution in [1.82, 2.24) is 0 Å². The molecule has 2 N–H and O–H groups in total. The highest BCUT2D eigenvalue weighted by atomic mass is 16.3. The number of hydrogen-bond donors (Lipinski definition) is 2. The Balaban J connectivity index is 2.06. The molecule has 4 atom stereocenters. The molecule has 0 spiro atoms. The van der Waals surface area contributed by atoms with Gasteiger partial charge in [-0.25, -0.2) is 0 Å². The molecule has 86 valence electrons. The van der Waals surface area contributed by atoms with Gasteiger partial charge in [-0.2, -0.15) is 0 Å². The molecule has 0 aliphatic heterocycles. The average molecular weight is 210 g/mol. The van der Waals surface area contributed by atoms with Crippen LogP contribution in [0, 0.1) is 17.8 Å². The van der Waals surface area contributed by atoms with Crippen LogP contribution in [0.1, 0.15) is 38.5 Å². The van der Waals surface area contributed by atoms with E-state index in [2.05, 4.69) is 6.58 Å². The van der Waals surface area contributed by atoms with Crippen LogP contribution in [-0.2, 0) is 0 Å². The molecule has 0 radical (unpaired) electrons. The molecular weight excluding hydrogens is 188 g/mol. The SMILES string of the molecule is C=C(CO)[C@@H]1C[C@@H]2CCC[C@H]2CC[C@@H]1O. The minimum atomic E-state index is -0.268. The van der Waals surface area contributed by atoms with Gasteiger partial charge in [0.15, 0.2) is 0 Å². The van der Waals surface area contributed by atoms with E-state index in [4.69, 9.17) is 5.11 Å². The molecule has 2 rings (SSSR count). The summed E-state index contributed by atoms with van der Waals surface area (Å²) < 4.78 is 0. The second-order valence-electron chi connectivity index (χ2n) is 5.25. The van der Waals surface area contributed by atoms with Crippen LogP contribution in [0.25, 0.3) is 0 Å². The topological polar surface area (TPSA) is 40.5 Å². The molecule has 2 heteroatoms. The van der Waals surface area contributed by atoms with Crippen molar-refractivity contribution < 1.29 is 10.2 Å². The molecule has 0 heterocycles. The zero-order valence-corrected chi connectivity index (χ0v) is 9.36. The Kier molecular flexibility index (Phi) is 3.47. The van der Waals surface area contributed by atoms with Crippen molar-refractivity contribution in [2.45, 2.75) is 44.6 Å². The Morgan fingerprint density at radius 2 is 1.87 bits per heavy atom. The Morgan fingerprint density at radius 1 is 1.13 bits per heavy atom. The van der Waals surface area contributed by atoms with E-state index in [1.165, 1.54) is 25.7 Å². The molecule has 2 nitrogen and oxygen atoms in total. The summed E-state index contributed by atoms with van der Waals surface area (Å²) in [6.07, 6.45) is 6.85. The van der Waals surface area contributed by atoms with Gasteiger partial charge < -0.3 is 10.2 Å². The highest BCUT2D eigenvalue weighted by Gasteiger charge is 2.36. The van der Waals surface area contributed by atoms with Crippen LogP contribution in [0.15, 0.2) is 12.2 Å². The van der Waals surface area contributed by atoms with Gasteiger partial charge in [0.25, 0.3) is 0 Å². The number of fused-ring (bicyclic) bond motifs is 1. The summed E-state index contributed by atoms with van der Waals surface area (Å²) in [7, 11) is 0.